The van der Waals surface area contributed by atoms with Crippen LogP contribution in [0.25, 0.3) is 0 Å². The van der Waals surface area contributed by atoms with Gasteiger partial charge in [0.2, 0.25) is 0 Å². The van der Waals surface area contributed by atoms with E-state index >= 15 is 0 Å². The molecule has 0 heterocycles. The maximum Gasteiger partial charge on any atom is 0.415 e. The number of benzene rings is 5. The average Bonchev–Trinajstić information content (AvgIpc) is 3.18. The zero-order valence-electron chi connectivity index (χ0n) is 33.7. The standard InChI is InChI=1S/C45H53N5O6/c1-46(2)28-37-25-42(55-44(51)49(31-35-13-21-40(53-7)22-14-35)29-33-9-17-38(18-10-33)47(3)4)27-43(26-37)56-45(52)50(32-36-15-23-41(54-8)24-16-36)30-34-11-19-39(20-12-34)48(5)6/h9-27H,28-32H2,1-8H3. The van der Waals surface area contributed by atoms with Gasteiger partial charge in [-0.25, -0.2) is 9.59 Å². The van der Waals surface area contributed by atoms with E-state index in [-0.39, 0.29) is 11.5 Å². The molecule has 0 aromatic heterocycles. The summed E-state index contributed by atoms with van der Waals surface area (Å²) in [6, 6.07) is 36.5. The highest BCUT2D eigenvalue weighted by Crippen LogP contribution is 2.27. The van der Waals surface area contributed by atoms with E-state index in [1.807, 2.05) is 154 Å². The maximum absolute atomic E-state index is 14.0. The fraction of sp³-hybridized carbons (Fsp3) is 0.289. The quantitative estimate of drug-likeness (QED) is 0.0987. The van der Waals surface area contributed by atoms with E-state index < -0.39 is 12.2 Å². The molecule has 0 saturated carbocycles. The van der Waals surface area contributed by atoms with Crippen molar-refractivity contribution in [1.29, 1.82) is 0 Å². The number of nitrogens with zero attached hydrogens (tertiary/aromatic N) is 5. The highest BCUT2D eigenvalue weighted by Gasteiger charge is 2.22. The Morgan fingerprint density at radius 2 is 0.732 bits per heavy atom. The third kappa shape index (κ3) is 11.9. The molecule has 11 heteroatoms. The average molecular weight is 760 g/mol. The van der Waals surface area contributed by atoms with E-state index in [1.54, 1.807) is 42.2 Å². The van der Waals surface area contributed by atoms with Crippen LogP contribution in [-0.2, 0) is 32.7 Å². The van der Waals surface area contributed by atoms with Crippen molar-refractivity contribution in [3.63, 3.8) is 0 Å². The molecule has 0 bridgehead atoms. The van der Waals surface area contributed by atoms with Crippen LogP contribution in [0.2, 0.25) is 0 Å². The van der Waals surface area contributed by atoms with Gasteiger partial charge in [-0.3, -0.25) is 9.80 Å². The Labute approximate surface area is 331 Å². The fourth-order valence-electron chi connectivity index (χ4n) is 6.05. The smallest absolute Gasteiger partial charge is 0.415 e. The molecule has 0 radical (unpaired) electrons. The molecule has 11 nitrogen and oxygen atoms in total. The number of rotatable bonds is 16. The van der Waals surface area contributed by atoms with Crippen molar-refractivity contribution in [1.82, 2.24) is 14.7 Å². The van der Waals surface area contributed by atoms with Gasteiger partial charge in [-0.2, -0.15) is 0 Å². The van der Waals surface area contributed by atoms with Crippen LogP contribution in [-0.4, -0.2) is 83.4 Å². The Morgan fingerprint density at radius 1 is 0.411 bits per heavy atom. The molecule has 0 aliphatic rings. The number of carbonyl (C=O) groups excluding carboxylic acids is 2. The van der Waals surface area contributed by atoms with Gasteiger partial charge in [0.1, 0.15) is 23.0 Å². The molecule has 0 aliphatic heterocycles. The molecule has 5 aromatic rings. The fourth-order valence-corrected chi connectivity index (χ4v) is 6.05. The van der Waals surface area contributed by atoms with Crippen LogP contribution in [0, 0.1) is 0 Å². The summed E-state index contributed by atoms with van der Waals surface area (Å²) >= 11 is 0. The van der Waals surface area contributed by atoms with Crippen molar-refractivity contribution in [2.24, 2.45) is 0 Å². The topological polar surface area (TPSA) is 87.3 Å². The molecule has 56 heavy (non-hydrogen) atoms. The number of carbonyl (C=O) groups is 2. The summed E-state index contributed by atoms with van der Waals surface area (Å²) in [5.41, 5.74) is 6.65. The van der Waals surface area contributed by atoms with Crippen molar-refractivity contribution in [2.75, 3.05) is 66.3 Å². The van der Waals surface area contributed by atoms with Crippen LogP contribution in [0.3, 0.4) is 0 Å². The second-order valence-corrected chi connectivity index (χ2v) is 14.3. The van der Waals surface area contributed by atoms with Gasteiger partial charge < -0.3 is 33.6 Å². The molecule has 0 spiro atoms. The zero-order chi connectivity index (χ0) is 40.2. The van der Waals surface area contributed by atoms with Gasteiger partial charge in [0.15, 0.2) is 0 Å². The maximum atomic E-state index is 14.0. The minimum Gasteiger partial charge on any atom is -0.497 e. The summed E-state index contributed by atoms with van der Waals surface area (Å²) in [5.74, 6) is 1.99. The first-order valence-corrected chi connectivity index (χ1v) is 18.4. The van der Waals surface area contributed by atoms with Crippen LogP contribution in [0.1, 0.15) is 27.8 Å². The Balaban J connectivity index is 1.41. The largest absolute Gasteiger partial charge is 0.497 e. The predicted molar refractivity (Wildman–Crippen MR) is 222 cm³/mol. The van der Waals surface area contributed by atoms with Crippen LogP contribution in [0.4, 0.5) is 21.0 Å². The molecule has 5 aromatic carbocycles. The van der Waals surface area contributed by atoms with Crippen LogP contribution >= 0.6 is 0 Å². The summed E-state index contributed by atoms with van der Waals surface area (Å²) in [6.45, 7) is 1.75. The number of amides is 2. The second kappa shape index (κ2) is 19.4. The van der Waals surface area contributed by atoms with E-state index in [9.17, 15) is 9.59 Å². The van der Waals surface area contributed by atoms with Gasteiger partial charge in [0.25, 0.3) is 0 Å². The van der Waals surface area contributed by atoms with Crippen molar-refractivity contribution < 1.29 is 28.5 Å². The molecule has 2 amide bonds. The van der Waals surface area contributed by atoms with Gasteiger partial charge in [-0.05, 0) is 103 Å². The van der Waals surface area contributed by atoms with E-state index in [2.05, 4.69) is 0 Å². The normalized spacial score (nSPS) is 10.8. The Bertz CT molecular complexity index is 1880. The highest BCUT2D eigenvalue weighted by atomic mass is 16.6. The summed E-state index contributed by atoms with van der Waals surface area (Å²) in [4.78, 5) is 37.4. The van der Waals surface area contributed by atoms with Crippen LogP contribution in [0.15, 0.2) is 115 Å². The summed E-state index contributed by atoms with van der Waals surface area (Å²) in [5, 5.41) is 0. The number of hydrogen-bond acceptors (Lipinski definition) is 9. The van der Waals surface area contributed by atoms with E-state index in [4.69, 9.17) is 18.9 Å². The lowest BCUT2D eigenvalue weighted by molar-refractivity contribution is 0.144. The second-order valence-electron chi connectivity index (χ2n) is 14.3. The molecule has 5 rings (SSSR count). The zero-order valence-corrected chi connectivity index (χ0v) is 33.7. The van der Waals surface area contributed by atoms with E-state index in [0.717, 1.165) is 50.7 Å². The van der Waals surface area contributed by atoms with Crippen molar-refractivity contribution in [3.8, 4) is 23.0 Å². The molecule has 0 unspecified atom stereocenters. The van der Waals surface area contributed by atoms with Gasteiger partial charge in [0.05, 0.1) is 14.2 Å². The van der Waals surface area contributed by atoms with E-state index in [1.165, 1.54) is 0 Å². The first kappa shape index (κ1) is 41.0. The first-order chi connectivity index (χ1) is 26.9. The Morgan fingerprint density at radius 3 is 1.02 bits per heavy atom. The van der Waals surface area contributed by atoms with E-state index in [0.29, 0.717) is 32.7 Å². The number of hydrogen-bond donors (Lipinski definition) is 0. The SMILES string of the molecule is COc1ccc(CN(Cc2ccc(N(C)C)cc2)C(=O)Oc2cc(CN(C)C)cc(OC(=O)N(Cc3ccc(OC)cc3)Cc3ccc(N(C)C)cc3)c2)cc1. The summed E-state index contributed by atoms with van der Waals surface area (Å²) in [6.07, 6.45) is -1.09. The van der Waals surface area contributed by atoms with Gasteiger partial charge in [0, 0.05) is 78.4 Å². The van der Waals surface area contributed by atoms with Gasteiger partial charge in [-0.15, -0.1) is 0 Å². The van der Waals surface area contributed by atoms with Crippen LogP contribution < -0.4 is 28.7 Å². The highest BCUT2D eigenvalue weighted by molar-refractivity contribution is 5.73. The van der Waals surface area contributed by atoms with Gasteiger partial charge >= 0.3 is 12.2 Å². The predicted octanol–water partition coefficient (Wildman–Crippen LogP) is 8.30. The lowest BCUT2D eigenvalue weighted by Gasteiger charge is -2.24. The number of methoxy groups -OCH3 is 2. The van der Waals surface area contributed by atoms with Crippen molar-refractivity contribution >= 4 is 23.6 Å². The Kier molecular flexibility index (Phi) is 14.2. The van der Waals surface area contributed by atoms with Gasteiger partial charge in [-0.1, -0.05) is 48.5 Å². The Hall–Kier alpha value is -6.20. The third-order valence-electron chi connectivity index (χ3n) is 9.08. The molecule has 0 atom stereocenters. The summed E-state index contributed by atoms with van der Waals surface area (Å²) < 4.78 is 22.9. The lowest BCUT2D eigenvalue weighted by Crippen LogP contribution is -2.33. The summed E-state index contributed by atoms with van der Waals surface area (Å²) in [7, 11) is 15.1. The van der Waals surface area contributed by atoms with Crippen molar-refractivity contribution in [2.45, 2.75) is 32.7 Å². The first-order valence-electron chi connectivity index (χ1n) is 18.4. The number of ether oxygens (including phenoxy) is 4. The van der Waals surface area contributed by atoms with Crippen LogP contribution in [0.5, 0.6) is 23.0 Å². The molecule has 0 aliphatic carbocycles. The van der Waals surface area contributed by atoms with Crippen molar-refractivity contribution in [3.05, 3.63) is 143 Å². The molecular formula is C45H53N5O6. The molecule has 0 saturated heterocycles. The minimum absolute atomic E-state index is 0.265. The minimum atomic E-state index is -0.543. The monoisotopic (exact) mass is 759 g/mol. The number of anilines is 2. The molecular weight excluding hydrogens is 707 g/mol. The molecule has 294 valence electrons. The lowest BCUT2D eigenvalue weighted by atomic mass is 10.1. The molecule has 0 N–H and O–H groups in total. The molecule has 0 fully saturated rings. The third-order valence-corrected chi connectivity index (χ3v) is 9.08.